The number of fused-ring (bicyclic) bond motifs is 1. The van der Waals surface area contributed by atoms with Crippen molar-refractivity contribution in [1.82, 2.24) is 15.5 Å². The molecule has 2 rings (SSSR count). The minimum absolute atomic E-state index is 0.217. The number of hydrogen-bond acceptors (Lipinski definition) is 4. The summed E-state index contributed by atoms with van der Waals surface area (Å²) in [6, 6.07) is -0.425. The van der Waals surface area contributed by atoms with Gasteiger partial charge < -0.3 is 10.4 Å². The Morgan fingerprint density at radius 2 is 2.11 bits per heavy atom. The number of carbonyl (C=O) groups excluding carboxylic acids is 2. The van der Waals surface area contributed by atoms with Crippen molar-refractivity contribution in [2.24, 2.45) is 11.8 Å². The molecule has 3 amide bonds. The molecule has 6 nitrogen and oxygen atoms in total. The number of amides is 3. The predicted octanol–water partition coefficient (Wildman–Crippen LogP) is -0.0751. The smallest absolute Gasteiger partial charge is 0.321 e. The Hall–Kier alpha value is -1.14. The molecule has 0 aromatic heterocycles. The summed E-state index contributed by atoms with van der Waals surface area (Å²) < 4.78 is 0. The van der Waals surface area contributed by atoms with Crippen molar-refractivity contribution in [3.63, 3.8) is 0 Å². The maximum atomic E-state index is 11.7. The molecule has 0 spiro atoms. The van der Waals surface area contributed by atoms with Crippen molar-refractivity contribution in [1.29, 1.82) is 0 Å². The van der Waals surface area contributed by atoms with Crippen LogP contribution in [0.2, 0.25) is 0 Å². The van der Waals surface area contributed by atoms with Crippen LogP contribution in [0.15, 0.2) is 0 Å². The number of imide groups is 1. The quantitative estimate of drug-likeness (QED) is 0.667. The van der Waals surface area contributed by atoms with Crippen LogP contribution in [0.4, 0.5) is 4.79 Å². The molecule has 0 aromatic rings. The van der Waals surface area contributed by atoms with Crippen LogP contribution < -0.4 is 10.6 Å². The maximum Gasteiger partial charge on any atom is 0.321 e. The number of nitrogens with one attached hydrogen (secondary N) is 2. The Labute approximate surface area is 113 Å². The molecule has 0 bridgehead atoms. The summed E-state index contributed by atoms with van der Waals surface area (Å²) >= 11 is 0. The van der Waals surface area contributed by atoms with Gasteiger partial charge in [0.05, 0.1) is 12.6 Å². The van der Waals surface area contributed by atoms with Crippen LogP contribution in [0, 0.1) is 11.8 Å². The molecule has 0 radical (unpaired) electrons. The molecule has 108 valence electrons. The lowest BCUT2D eigenvalue weighted by atomic mass is 10.00. The van der Waals surface area contributed by atoms with Gasteiger partial charge in [0.1, 0.15) is 0 Å². The summed E-state index contributed by atoms with van der Waals surface area (Å²) in [6.45, 7) is 4.37. The second-order valence-corrected chi connectivity index (χ2v) is 5.57. The summed E-state index contributed by atoms with van der Waals surface area (Å²) in [7, 11) is 0. The van der Waals surface area contributed by atoms with Gasteiger partial charge in [-0.1, -0.05) is 6.92 Å². The zero-order valence-corrected chi connectivity index (χ0v) is 11.4. The average molecular weight is 269 g/mol. The fourth-order valence-electron chi connectivity index (χ4n) is 3.11. The first-order chi connectivity index (χ1) is 9.10. The van der Waals surface area contributed by atoms with Crippen molar-refractivity contribution >= 4 is 11.9 Å². The van der Waals surface area contributed by atoms with Crippen LogP contribution in [0.25, 0.3) is 0 Å². The fraction of sp³-hybridized carbons (Fsp3) is 0.846. The van der Waals surface area contributed by atoms with E-state index in [1.54, 1.807) is 0 Å². The van der Waals surface area contributed by atoms with E-state index in [9.17, 15) is 14.7 Å². The molecule has 3 atom stereocenters. The van der Waals surface area contributed by atoms with Gasteiger partial charge in [-0.3, -0.25) is 15.0 Å². The second kappa shape index (κ2) is 6.34. The molecule has 3 N–H and O–H groups in total. The van der Waals surface area contributed by atoms with Crippen molar-refractivity contribution in [3.05, 3.63) is 0 Å². The molecule has 1 saturated carbocycles. The third kappa shape index (κ3) is 3.67. The third-order valence-electron chi connectivity index (χ3n) is 4.05. The number of aliphatic hydroxyl groups is 1. The number of aliphatic hydroxyl groups excluding tert-OH is 1. The normalized spacial score (nSPS) is 30.1. The predicted molar refractivity (Wildman–Crippen MR) is 70.5 cm³/mol. The Morgan fingerprint density at radius 3 is 2.79 bits per heavy atom. The Morgan fingerprint density at radius 1 is 1.32 bits per heavy atom. The Kier molecular flexibility index (Phi) is 4.76. The van der Waals surface area contributed by atoms with Gasteiger partial charge >= 0.3 is 6.03 Å². The maximum absolute atomic E-state index is 11.7. The van der Waals surface area contributed by atoms with Crippen molar-refractivity contribution in [2.45, 2.75) is 32.3 Å². The van der Waals surface area contributed by atoms with Crippen LogP contribution in [-0.4, -0.2) is 54.2 Å². The SMILES string of the molecule is CCCNC(=O)NC(=O)CN1CC2CCC(O)C2C1. The fourth-order valence-corrected chi connectivity index (χ4v) is 3.11. The van der Waals surface area contributed by atoms with E-state index in [0.717, 1.165) is 32.4 Å². The molecule has 0 aromatic carbocycles. The number of urea groups is 1. The van der Waals surface area contributed by atoms with E-state index in [0.29, 0.717) is 18.4 Å². The van der Waals surface area contributed by atoms with Crippen molar-refractivity contribution in [2.75, 3.05) is 26.2 Å². The topological polar surface area (TPSA) is 81.7 Å². The minimum atomic E-state index is -0.425. The lowest BCUT2D eigenvalue weighted by molar-refractivity contribution is -0.121. The zero-order chi connectivity index (χ0) is 13.8. The molecule has 2 fully saturated rings. The van der Waals surface area contributed by atoms with E-state index >= 15 is 0 Å². The van der Waals surface area contributed by atoms with Crippen LogP contribution in [0.1, 0.15) is 26.2 Å². The standard InChI is InChI=1S/C13H23N3O3/c1-2-5-14-13(19)15-12(18)8-16-6-9-3-4-11(17)10(9)7-16/h9-11,17H,2-8H2,1H3,(H2,14,15,18,19). The molecule has 2 aliphatic rings. The molecule has 3 unspecified atom stereocenters. The lowest BCUT2D eigenvalue weighted by Gasteiger charge is -2.17. The number of rotatable bonds is 4. The van der Waals surface area contributed by atoms with Gasteiger partial charge in [-0.05, 0) is 25.2 Å². The molecule has 1 aliphatic carbocycles. The molecular weight excluding hydrogens is 246 g/mol. The number of carbonyl (C=O) groups is 2. The van der Waals surface area contributed by atoms with E-state index in [2.05, 4.69) is 10.6 Å². The van der Waals surface area contributed by atoms with E-state index in [-0.39, 0.29) is 18.6 Å². The molecule has 6 heteroatoms. The summed E-state index contributed by atoms with van der Waals surface area (Å²) in [6.07, 6.45) is 2.55. The summed E-state index contributed by atoms with van der Waals surface area (Å²) in [4.78, 5) is 25.1. The van der Waals surface area contributed by atoms with Gasteiger partial charge in [-0.15, -0.1) is 0 Å². The highest BCUT2D eigenvalue weighted by atomic mass is 16.3. The first kappa shape index (κ1) is 14.3. The van der Waals surface area contributed by atoms with Crippen LogP contribution in [0.5, 0.6) is 0 Å². The first-order valence-corrected chi connectivity index (χ1v) is 7.08. The van der Waals surface area contributed by atoms with Gasteiger partial charge in [0.2, 0.25) is 5.91 Å². The lowest BCUT2D eigenvalue weighted by Crippen LogP contribution is -2.44. The average Bonchev–Trinajstić information content (AvgIpc) is 2.89. The highest BCUT2D eigenvalue weighted by Gasteiger charge is 2.42. The largest absolute Gasteiger partial charge is 0.393 e. The van der Waals surface area contributed by atoms with Gasteiger partial charge in [0.25, 0.3) is 0 Å². The molecule has 1 aliphatic heterocycles. The van der Waals surface area contributed by atoms with Crippen LogP contribution in [0.3, 0.4) is 0 Å². The molecule has 19 heavy (non-hydrogen) atoms. The Balaban J connectivity index is 1.71. The van der Waals surface area contributed by atoms with Crippen molar-refractivity contribution < 1.29 is 14.7 Å². The summed E-state index contributed by atoms with van der Waals surface area (Å²) in [5, 5.41) is 14.7. The van der Waals surface area contributed by atoms with Gasteiger partial charge in [-0.25, -0.2) is 4.79 Å². The summed E-state index contributed by atoms with van der Waals surface area (Å²) in [5.41, 5.74) is 0. The highest BCUT2D eigenvalue weighted by Crippen LogP contribution is 2.37. The summed E-state index contributed by atoms with van der Waals surface area (Å²) in [5.74, 6) is 0.543. The van der Waals surface area contributed by atoms with Crippen LogP contribution in [-0.2, 0) is 4.79 Å². The van der Waals surface area contributed by atoms with E-state index in [1.165, 1.54) is 0 Å². The van der Waals surface area contributed by atoms with Crippen molar-refractivity contribution in [3.8, 4) is 0 Å². The highest BCUT2D eigenvalue weighted by molar-refractivity contribution is 5.95. The molecular formula is C13H23N3O3. The Bertz CT molecular complexity index is 348. The first-order valence-electron chi connectivity index (χ1n) is 7.08. The van der Waals surface area contributed by atoms with E-state index in [4.69, 9.17) is 0 Å². The van der Waals surface area contributed by atoms with E-state index < -0.39 is 6.03 Å². The van der Waals surface area contributed by atoms with Crippen LogP contribution >= 0.6 is 0 Å². The number of nitrogens with zero attached hydrogens (tertiary/aromatic N) is 1. The zero-order valence-electron chi connectivity index (χ0n) is 11.4. The van der Waals surface area contributed by atoms with Gasteiger partial charge in [-0.2, -0.15) is 0 Å². The second-order valence-electron chi connectivity index (χ2n) is 5.57. The third-order valence-corrected chi connectivity index (χ3v) is 4.05. The monoisotopic (exact) mass is 269 g/mol. The van der Waals surface area contributed by atoms with E-state index in [1.807, 2.05) is 11.8 Å². The van der Waals surface area contributed by atoms with Gasteiger partial charge in [0.15, 0.2) is 0 Å². The molecule has 1 heterocycles. The molecule has 1 saturated heterocycles. The number of hydrogen-bond donors (Lipinski definition) is 3. The van der Waals surface area contributed by atoms with Gasteiger partial charge in [0, 0.05) is 25.6 Å². The minimum Gasteiger partial charge on any atom is -0.393 e. The number of likely N-dealkylation sites (tertiary alicyclic amines) is 1.